The number of hydrogen-bond donors (Lipinski definition) is 2. The molecule has 0 heterocycles. The van der Waals surface area contributed by atoms with Crippen LogP contribution in [-0.2, 0) is 12.0 Å². The molecule has 6 nitrogen and oxygen atoms in total. The number of rotatable bonds is 8. The van der Waals surface area contributed by atoms with Crippen LogP contribution in [-0.4, -0.2) is 33.9 Å². The first-order valence-corrected chi connectivity index (χ1v) is 8.81. The Morgan fingerprint density at radius 2 is 1.70 bits per heavy atom. The highest BCUT2D eigenvalue weighted by molar-refractivity contribution is 5.75. The van der Waals surface area contributed by atoms with Crippen LogP contribution in [0, 0.1) is 0 Å². The van der Waals surface area contributed by atoms with Crippen molar-refractivity contribution in [1.29, 1.82) is 0 Å². The lowest BCUT2D eigenvalue weighted by Crippen LogP contribution is -2.46. The van der Waals surface area contributed by atoms with Crippen molar-refractivity contribution in [3.63, 3.8) is 0 Å². The first-order chi connectivity index (χ1) is 12.9. The maximum absolute atomic E-state index is 12.3. The fourth-order valence-corrected chi connectivity index (χ4v) is 2.77. The van der Waals surface area contributed by atoms with Gasteiger partial charge in [-0.25, -0.2) is 4.79 Å². The van der Waals surface area contributed by atoms with Crippen molar-refractivity contribution >= 4 is 6.03 Å². The maximum atomic E-state index is 12.3. The van der Waals surface area contributed by atoms with Gasteiger partial charge in [0.2, 0.25) is 0 Å². The summed E-state index contributed by atoms with van der Waals surface area (Å²) in [6.07, 6.45) is 0.724. The summed E-state index contributed by atoms with van der Waals surface area (Å²) in [6.45, 7) is 4.41. The number of ether oxygens (including phenoxy) is 3. The minimum atomic E-state index is -0.570. The summed E-state index contributed by atoms with van der Waals surface area (Å²) in [5, 5.41) is 5.90. The highest BCUT2D eigenvalue weighted by Crippen LogP contribution is 2.32. The molecule has 0 saturated carbocycles. The smallest absolute Gasteiger partial charge is 0.315 e. The zero-order chi connectivity index (χ0) is 19.9. The topological polar surface area (TPSA) is 68.8 Å². The molecule has 0 spiro atoms. The molecule has 0 aromatic heterocycles. The van der Waals surface area contributed by atoms with Gasteiger partial charge in [-0.15, -0.1) is 0 Å². The van der Waals surface area contributed by atoms with Crippen molar-refractivity contribution in [3.8, 4) is 17.2 Å². The van der Waals surface area contributed by atoms with Gasteiger partial charge in [0.1, 0.15) is 5.75 Å². The van der Waals surface area contributed by atoms with Gasteiger partial charge in [0.15, 0.2) is 11.5 Å². The summed E-state index contributed by atoms with van der Waals surface area (Å²) in [7, 11) is 4.82. The lowest BCUT2D eigenvalue weighted by atomic mass is 9.94. The Morgan fingerprint density at radius 1 is 0.963 bits per heavy atom. The van der Waals surface area contributed by atoms with E-state index in [0.29, 0.717) is 18.0 Å². The average molecular weight is 372 g/mol. The van der Waals surface area contributed by atoms with Crippen LogP contribution in [0.5, 0.6) is 17.2 Å². The monoisotopic (exact) mass is 372 g/mol. The van der Waals surface area contributed by atoms with Crippen molar-refractivity contribution in [2.24, 2.45) is 0 Å². The Labute approximate surface area is 160 Å². The summed E-state index contributed by atoms with van der Waals surface area (Å²) < 4.78 is 15.8. The predicted octanol–water partition coefficient (Wildman–Crippen LogP) is 3.49. The first kappa shape index (κ1) is 20.4. The number of urea groups is 1. The molecule has 2 N–H and O–H groups in total. The molecule has 2 rings (SSSR count). The van der Waals surface area contributed by atoms with Crippen LogP contribution >= 0.6 is 0 Å². The molecular formula is C21H28N2O4. The maximum Gasteiger partial charge on any atom is 0.315 e. The van der Waals surface area contributed by atoms with E-state index in [2.05, 4.69) is 10.6 Å². The second-order valence-electron chi connectivity index (χ2n) is 6.68. The zero-order valence-electron chi connectivity index (χ0n) is 16.6. The number of carbonyl (C=O) groups excluding carboxylic acids is 1. The van der Waals surface area contributed by atoms with E-state index < -0.39 is 5.54 Å². The highest BCUT2D eigenvalue weighted by atomic mass is 16.5. The molecule has 0 aliphatic rings. The molecule has 0 bridgehead atoms. The van der Waals surface area contributed by atoms with E-state index >= 15 is 0 Å². The van der Waals surface area contributed by atoms with Crippen molar-refractivity contribution < 1.29 is 19.0 Å². The average Bonchev–Trinajstić information content (AvgIpc) is 2.67. The molecule has 0 atom stereocenters. The molecule has 0 unspecified atom stereocenters. The van der Waals surface area contributed by atoms with E-state index in [1.54, 1.807) is 21.3 Å². The predicted molar refractivity (Wildman–Crippen MR) is 106 cm³/mol. The van der Waals surface area contributed by atoms with Gasteiger partial charge >= 0.3 is 6.03 Å². The fourth-order valence-electron chi connectivity index (χ4n) is 2.77. The SMILES string of the molecule is COc1cccc(CCNC(=O)NC(C)(C)c2ccc(OC)c(OC)c2)c1. The van der Waals surface area contributed by atoms with Gasteiger partial charge in [-0.2, -0.15) is 0 Å². The molecule has 27 heavy (non-hydrogen) atoms. The zero-order valence-corrected chi connectivity index (χ0v) is 16.6. The van der Waals surface area contributed by atoms with Crippen molar-refractivity contribution in [2.45, 2.75) is 25.8 Å². The Bertz CT molecular complexity index is 775. The van der Waals surface area contributed by atoms with Crippen LogP contribution in [0.15, 0.2) is 42.5 Å². The molecule has 0 saturated heterocycles. The first-order valence-electron chi connectivity index (χ1n) is 8.81. The molecule has 0 aliphatic carbocycles. The minimum absolute atomic E-state index is 0.224. The summed E-state index contributed by atoms with van der Waals surface area (Å²) in [6, 6.07) is 13.2. The van der Waals surface area contributed by atoms with E-state index in [9.17, 15) is 4.79 Å². The highest BCUT2D eigenvalue weighted by Gasteiger charge is 2.24. The van der Waals surface area contributed by atoms with Gasteiger partial charge in [0.25, 0.3) is 0 Å². The summed E-state index contributed by atoms with van der Waals surface area (Å²) in [5.74, 6) is 2.09. The molecular weight excluding hydrogens is 344 g/mol. The Hall–Kier alpha value is -2.89. The molecule has 2 aromatic carbocycles. The second-order valence-corrected chi connectivity index (χ2v) is 6.68. The quantitative estimate of drug-likeness (QED) is 0.744. The molecule has 2 amide bonds. The number of nitrogens with one attached hydrogen (secondary N) is 2. The number of benzene rings is 2. The van der Waals surface area contributed by atoms with Gasteiger partial charge in [-0.05, 0) is 55.7 Å². The molecule has 0 fully saturated rings. The number of hydrogen-bond acceptors (Lipinski definition) is 4. The van der Waals surface area contributed by atoms with Gasteiger partial charge in [-0.1, -0.05) is 18.2 Å². The third kappa shape index (κ3) is 5.54. The van der Waals surface area contributed by atoms with Crippen LogP contribution in [0.25, 0.3) is 0 Å². The Balaban J connectivity index is 1.93. The van der Waals surface area contributed by atoms with E-state index in [1.807, 2.05) is 56.3 Å². The van der Waals surface area contributed by atoms with Crippen molar-refractivity contribution in [3.05, 3.63) is 53.6 Å². The summed E-state index contributed by atoms with van der Waals surface area (Å²) in [4.78, 5) is 12.3. The largest absolute Gasteiger partial charge is 0.497 e. The fraction of sp³-hybridized carbons (Fsp3) is 0.381. The third-order valence-corrected chi connectivity index (χ3v) is 4.36. The number of methoxy groups -OCH3 is 3. The van der Waals surface area contributed by atoms with Gasteiger partial charge in [0, 0.05) is 6.54 Å². The van der Waals surface area contributed by atoms with E-state index in [4.69, 9.17) is 14.2 Å². The molecule has 2 aromatic rings. The minimum Gasteiger partial charge on any atom is -0.497 e. The lowest BCUT2D eigenvalue weighted by Gasteiger charge is -2.27. The third-order valence-electron chi connectivity index (χ3n) is 4.36. The molecule has 0 aliphatic heterocycles. The molecule has 6 heteroatoms. The molecule has 146 valence electrons. The van der Waals surface area contributed by atoms with Crippen LogP contribution < -0.4 is 24.8 Å². The molecule has 0 radical (unpaired) electrons. The Kier molecular flexibility index (Phi) is 6.93. The summed E-state index contributed by atoms with van der Waals surface area (Å²) in [5.41, 5.74) is 1.46. The number of amides is 2. The van der Waals surface area contributed by atoms with Crippen LogP contribution in [0.3, 0.4) is 0 Å². The van der Waals surface area contributed by atoms with Crippen molar-refractivity contribution in [1.82, 2.24) is 10.6 Å². The van der Waals surface area contributed by atoms with Gasteiger partial charge in [-0.3, -0.25) is 0 Å². The van der Waals surface area contributed by atoms with Gasteiger partial charge in [0.05, 0.1) is 26.9 Å². The van der Waals surface area contributed by atoms with E-state index in [-0.39, 0.29) is 6.03 Å². The Morgan fingerprint density at radius 3 is 2.37 bits per heavy atom. The van der Waals surface area contributed by atoms with E-state index in [0.717, 1.165) is 23.3 Å². The van der Waals surface area contributed by atoms with Crippen LogP contribution in [0.4, 0.5) is 4.79 Å². The number of carbonyl (C=O) groups is 1. The normalized spacial score (nSPS) is 10.9. The van der Waals surface area contributed by atoms with E-state index in [1.165, 1.54) is 0 Å². The van der Waals surface area contributed by atoms with Crippen molar-refractivity contribution in [2.75, 3.05) is 27.9 Å². The van der Waals surface area contributed by atoms with Crippen LogP contribution in [0.2, 0.25) is 0 Å². The summed E-state index contributed by atoms with van der Waals surface area (Å²) >= 11 is 0. The van der Waals surface area contributed by atoms with Crippen LogP contribution in [0.1, 0.15) is 25.0 Å². The lowest BCUT2D eigenvalue weighted by molar-refractivity contribution is 0.230. The van der Waals surface area contributed by atoms with Gasteiger partial charge < -0.3 is 24.8 Å². The standard InChI is InChI=1S/C21H28N2O4/c1-21(2,16-9-10-18(26-4)19(14-16)27-5)23-20(24)22-12-11-15-7-6-8-17(13-15)25-3/h6-10,13-14H,11-12H2,1-5H3,(H2,22,23,24). The second kappa shape index (κ2) is 9.16.